The first-order valence-corrected chi connectivity index (χ1v) is 17.2. The van der Waals surface area contributed by atoms with Crippen LogP contribution in [0.4, 0.5) is 15.3 Å². The summed E-state index contributed by atoms with van der Waals surface area (Å²) in [7, 11) is -3.79. The van der Waals surface area contributed by atoms with Gasteiger partial charge in [0, 0.05) is 49.0 Å². The summed E-state index contributed by atoms with van der Waals surface area (Å²) in [6, 6.07) is 5.42. The molecule has 0 radical (unpaired) electrons. The van der Waals surface area contributed by atoms with Crippen molar-refractivity contribution < 1.29 is 27.5 Å². The number of hydrogen-bond donors (Lipinski definition) is 3. The fourth-order valence-electron chi connectivity index (χ4n) is 5.47. The number of thiazole rings is 1. The zero-order chi connectivity index (χ0) is 31.6. The standard InChI is InChI=1S/C30H45N5O6S2/c1-8-32-43(38,39)25-15-22(34-30(7)17-35(18-30)28(37)41-29(4,5)6)13-14-23(25)24-16-31-26(42-24)20-9-11-21(12-10-20)33-27(36)40-19(2)3/h13-16,19-21,32,34H,8-12,17-18H2,1-7H3,(H,33,36)/t20-,21-. The Kier molecular flexibility index (Phi) is 9.97. The third kappa shape index (κ3) is 8.60. The van der Waals surface area contributed by atoms with Gasteiger partial charge in [-0.2, -0.15) is 0 Å². The van der Waals surface area contributed by atoms with Crippen LogP contribution in [-0.2, 0) is 19.5 Å². The molecule has 2 aliphatic rings. The number of rotatable bonds is 9. The highest BCUT2D eigenvalue weighted by Gasteiger charge is 2.43. The van der Waals surface area contributed by atoms with E-state index in [2.05, 4.69) is 15.4 Å². The molecule has 2 heterocycles. The Morgan fingerprint density at radius 1 is 1.16 bits per heavy atom. The fraction of sp³-hybridized carbons (Fsp3) is 0.633. The Balaban J connectivity index is 1.47. The van der Waals surface area contributed by atoms with E-state index >= 15 is 0 Å². The number of hydrogen-bond acceptors (Lipinski definition) is 9. The summed E-state index contributed by atoms with van der Waals surface area (Å²) in [5.74, 6) is 0.249. The molecule has 13 heteroatoms. The lowest BCUT2D eigenvalue weighted by atomic mass is 9.86. The van der Waals surface area contributed by atoms with Crippen molar-refractivity contribution in [3.05, 3.63) is 29.4 Å². The molecular weight excluding hydrogens is 590 g/mol. The number of ether oxygens (including phenoxy) is 2. The van der Waals surface area contributed by atoms with Gasteiger partial charge in [0.2, 0.25) is 10.0 Å². The van der Waals surface area contributed by atoms with E-state index in [1.54, 1.807) is 24.1 Å². The van der Waals surface area contributed by atoms with Gasteiger partial charge >= 0.3 is 12.2 Å². The summed E-state index contributed by atoms with van der Waals surface area (Å²) < 4.78 is 40.0. The van der Waals surface area contributed by atoms with E-state index in [4.69, 9.17) is 14.5 Å². The van der Waals surface area contributed by atoms with Gasteiger partial charge in [-0.15, -0.1) is 11.3 Å². The predicted molar refractivity (Wildman–Crippen MR) is 168 cm³/mol. The highest BCUT2D eigenvalue weighted by atomic mass is 32.2. The molecule has 0 unspecified atom stereocenters. The minimum Gasteiger partial charge on any atom is -0.447 e. The molecule has 0 atom stereocenters. The number of carbonyl (C=O) groups is 2. The van der Waals surface area contributed by atoms with Gasteiger partial charge in [0.1, 0.15) is 5.60 Å². The molecule has 238 valence electrons. The zero-order valence-corrected chi connectivity index (χ0v) is 27.8. The van der Waals surface area contributed by atoms with E-state index < -0.39 is 21.2 Å². The maximum atomic E-state index is 13.3. The molecule has 0 bridgehead atoms. The Morgan fingerprint density at radius 2 is 1.84 bits per heavy atom. The van der Waals surface area contributed by atoms with Crippen LogP contribution >= 0.6 is 11.3 Å². The minimum absolute atomic E-state index is 0.0765. The van der Waals surface area contributed by atoms with Crippen molar-refractivity contribution in [2.75, 3.05) is 25.0 Å². The van der Waals surface area contributed by atoms with Gasteiger partial charge in [0.05, 0.1) is 26.4 Å². The molecule has 2 aromatic rings. The molecule has 1 saturated carbocycles. The number of nitrogens with zero attached hydrogens (tertiary/aromatic N) is 2. The Hall–Kier alpha value is -2.90. The first-order chi connectivity index (χ1) is 20.1. The molecule has 1 aliphatic heterocycles. The van der Waals surface area contributed by atoms with E-state index in [9.17, 15) is 18.0 Å². The number of carbonyl (C=O) groups excluding carboxylic acids is 2. The van der Waals surface area contributed by atoms with Crippen molar-refractivity contribution in [3.63, 3.8) is 0 Å². The molecule has 3 N–H and O–H groups in total. The molecule has 4 rings (SSSR count). The van der Waals surface area contributed by atoms with Crippen LogP contribution in [0, 0.1) is 0 Å². The number of benzene rings is 1. The Morgan fingerprint density at radius 3 is 2.44 bits per heavy atom. The van der Waals surface area contributed by atoms with Crippen molar-refractivity contribution in [1.29, 1.82) is 0 Å². The summed E-state index contributed by atoms with van der Waals surface area (Å²) in [4.78, 5) is 31.7. The van der Waals surface area contributed by atoms with Gasteiger partial charge in [0.25, 0.3) is 0 Å². The summed E-state index contributed by atoms with van der Waals surface area (Å²) in [5, 5.41) is 7.35. The predicted octanol–water partition coefficient (Wildman–Crippen LogP) is 5.69. The molecular formula is C30H45N5O6S2. The zero-order valence-electron chi connectivity index (χ0n) is 26.2. The third-order valence-corrected chi connectivity index (χ3v) is 10.1. The average Bonchev–Trinajstić information content (AvgIpc) is 3.36. The number of aromatic nitrogens is 1. The molecule has 0 spiro atoms. The minimum atomic E-state index is -3.79. The van der Waals surface area contributed by atoms with Crippen molar-refractivity contribution >= 4 is 39.2 Å². The van der Waals surface area contributed by atoms with E-state index in [0.29, 0.717) is 24.3 Å². The van der Waals surface area contributed by atoms with Crippen molar-refractivity contribution in [1.82, 2.24) is 19.9 Å². The summed E-state index contributed by atoms with van der Waals surface area (Å²) in [5.41, 5.74) is 0.251. The highest BCUT2D eigenvalue weighted by molar-refractivity contribution is 7.89. The lowest BCUT2D eigenvalue weighted by molar-refractivity contribution is -0.00124. The molecule has 1 aromatic heterocycles. The number of nitrogens with one attached hydrogen (secondary N) is 3. The van der Waals surface area contributed by atoms with Gasteiger partial charge in [-0.25, -0.2) is 27.7 Å². The van der Waals surface area contributed by atoms with Crippen LogP contribution in [-0.4, -0.2) is 73.4 Å². The molecule has 2 amide bonds. The second kappa shape index (κ2) is 13.0. The maximum absolute atomic E-state index is 13.3. The van der Waals surface area contributed by atoms with Gasteiger partial charge in [-0.3, -0.25) is 0 Å². The van der Waals surface area contributed by atoms with Gasteiger partial charge in [-0.05, 0) is 79.4 Å². The van der Waals surface area contributed by atoms with Crippen molar-refractivity contribution in [3.8, 4) is 10.4 Å². The maximum Gasteiger partial charge on any atom is 0.410 e. The summed E-state index contributed by atoms with van der Waals surface area (Å²) in [6.07, 6.45) is 4.27. The van der Waals surface area contributed by atoms with Crippen LogP contribution in [0.5, 0.6) is 0 Å². The second-order valence-electron chi connectivity index (χ2n) is 12.9. The number of likely N-dealkylation sites (tertiary alicyclic amines) is 1. The molecule has 1 aliphatic carbocycles. The van der Waals surface area contributed by atoms with Crippen LogP contribution in [0.2, 0.25) is 0 Å². The van der Waals surface area contributed by atoms with E-state index in [1.807, 2.05) is 53.7 Å². The van der Waals surface area contributed by atoms with E-state index in [1.165, 1.54) is 11.3 Å². The quantitative estimate of drug-likeness (QED) is 0.319. The number of amides is 2. The van der Waals surface area contributed by atoms with Crippen LogP contribution in [0.25, 0.3) is 10.4 Å². The van der Waals surface area contributed by atoms with Crippen molar-refractivity contribution in [2.24, 2.45) is 0 Å². The number of anilines is 1. The molecule has 1 saturated heterocycles. The highest BCUT2D eigenvalue weighted by Crippen LogP contribution is 2.40. The van der Waals surface area contributed by atoms with Crippen molar-refractivity contribution in [2.45, 2.75) is 108 Å². The topological polar surface area (TPSA) is 139 Å². The lowest BCUT2D eigenvalue weighted by Crippen LogP contribution is -2.66. The fourth-order valence-corrected chi connectivity index (χ4v) is 7.95. The van der Waals surface area contributed by atoms with Gasteiger partial charge < -0.3 is 25.0 Å². The van der Waals surface area contributed by atoms with Crippen LogP contribution in [0.15, 0.2) is 29.3 Å². The smallest absolute Gasteiger partial charge is 0.410 e. The van der Waals surface area contributed by atoms with E-state index in [-0.39, 0.29) is 41.7 Å². The molecule has 43 heavy (non-hydrogen) atoms. The van der Waals surface area contributed by atoms with Gasteiger partial charge in [-0.1, -0.05) is 13.0 Å². The third-order valence-electron chi connectivity index (χ3n) is 7.31. The number of alkyl carbamates (subject to hydrolysis) is 1. The van der Waals surface area contributed by atoms with Crippen LogP contribution < -0.4 is 15.4 Å². The van der Waals surface area contributed by atoms with Crippen LogP contribution in [0.1, 0.15) is 85.1 Å². The molecule has 1 aromatic carbocycles. The Labute approximate surface area is 259 Å². The summed E-state index contributed by atoms with van der Waals surface area (Å²) >= 11 is 1.51. The second-order valence-corrected chi connectivity index (χ2v) is 15.7. The average molecular weight is 636 g/mol. The molecule has 11 nitrogen and oxygen atoms in total. The first-order valence-electron chi connectivity index (χ1n) is 14.9. The first kappa shape index (κ1) is 33.0. The Bertz CT molecular complexity index is 1400. The van der Waals surface area contributed by atoms with Crippen LogP contribution in [0.3, 0.4) is 0 Å². The molecule has 2 fully saturated rings. The largest absolute Gasteiger partial charge is 0.447 e. The summed E-state index contributed by atoms with van der Waals surface area (Å²) in [6.45, 7) is 14.0. The monoisotopic (exact) mass is 635 g/mol. The normalized spacial score (nSPS) is 20.3. The number of sulfonamides is 1. The van der Waals surface area contributed by atoms with E-state index in [0.717, 1.165) is 35.6 Å². The van der Waals surface area contributed by atoms with Gasteiger partial charge in [0.15, 0.2) is 0 Å². The lowest BCUT2D eigenvalue weighted by Gasteiger charge is -2.48. The SMILES string of the molecule is CCNS(=O)(=O)c1cc(NC2(C)CN(C(=O)OC(C)(C)C)C2)ccc1-c1cnc([C@H]2CC[C@H](NC(=O)OC(C)C)CC2)s1.